The van der Waals surface area contributed by atoms with Gasteiger partial charge in [0.1, 0.15) is 0 Å². The number of aliphatic imine (C=N–C) groups is 1. The van der Waals surface area contributed by atoms with E-state index in [1.807, 2.05) is 50.7 Å². The Bertz CT molecular complexity index is 1500. The minimum absolute atomic E-state index is 0.118. The van der Waals surface area contributed by atoms with E-state index in [9.17, 15) is 9.59 Å². The van der Waals surface area contributed by atoms with Gasteiger partial charge in [-0.3, -0.25) is 14.5 Å². The molecule has 9 heteroatoms. The average Bonchev–Trinajstić information content (AvgIpc) is 3.52. The molecule has 2 aliphatic rings. The average molecular weight is 544 g/mol. The van der Waals surface area contributed by atoms with Crippen LogP contribution in [0.5, 0.6) is 0 Å². The fourth-order valence-electron chi connectivity index (χ4n) is 6.36. The van der Waals surface area contributed by atoms with Gasteiger partial charge in [-0.05, 0) is 78.4 Å². The number of imidazole rings is 1. The molecule has 3 aromatic rings. The van der Waals surface area contributed by atoms with E-state index in [1.54, 1.807) is 6.33 Å². The molecule has 2 unspecified atom stereocenters. The molecule has 0 radical (unpaired) electrons. The van der Waals surface area contributed by atoms with Crippen LogP contribution in [0.2, 0.25) is 0 Å². The third-order valence-corrected chi connectivity index (χ3v) is 8.80. The molecule has 0 aliphatic carbocycles. The van der Waals surface area contributed by atoms with E-state index >= 15 is 0 Å². The molecule has 212 valence electrons. The quantitative estimate of drug-likeness (QED) is 0.486. The van der Waals surface area contributed by atoms with Gasteiger partial charge in [-0.15, -0.1) is 0 Å². The molecule has 0 spiro atoms. The molecule has 3 aromatic heterocycles. The van der Waals surface area contributed by atoms with Crippen molar-refractivity contribution >= 4 is 23.0 Å². The molecule has 0 saturated carbocycles. The molecule has 2 amide bonds. The molecule has 40 heavy (non-hydrogen) atoms. The van der Waals surface area contributed by atoms with Crippen molar-refractivity contribution in [1.82, 2.24) is 29.1 Å². The molecule has 9 nitrogen and oxygen atoms in total. The van der Waals surface area contributed by atoms with Gasteiger partial charge in [-0.25, -0.2) is 9.98 Å². The fourth-order valence-corrected chi connectivity index (χ4v) is 6.36. The number of pyridine rings is 1. The number of carbonyl (C=O) groups excluding carboxylic acids is 2. The van der Waals surface area contributed by atoms with Crippen LogP contribution in [-0.4, -0.2) is 81.0 Å². The topological polar surface area (TPSA) is 87.2 Å². The summed E-state index contributed by atoms with van der Waals surface area (Å²) in [5, 5.41) is 3.06. The summed E-state index contributed by atoms with van der Waals surface area (Å²) >= 11 is 0. The highest BCUT2D eigenvalue weighted by molar-refractivity contribution is 6.06. The van der Waals surface area contributed by atoms with Gasteiger partial charge >= 0.3 is 0 Å². The first kappa shape index (κ1) is 28.0. The van der Waals surface area contributed by atoms with Crippen molar-refractivity contribution in [2.75, 3.05) is 33.7 Å². The molecule has 0 bridgehead atoms. The molecular formula is C31H41N7O2. The summed E-state index contributed by atoms with van der Waals surface area (Å²) in [6.45, 7) is 10.3. The van der Waals surface area contributed by atoms with E-state index in [1.165, 1.54) is 0 Å². The van der Waals surface area contributed by atoms with Crippen LogP contribution in [0.15, 0.2) is 47.5 Å². The van der Waals surface area contributed by atoms with Gasteiger partial charge in [0, 0.05) is 67.5 Å². The summed E-state index contributed by atoms with van der Waals surface area (Å²) in [6.07, 6.45) is 9.91. The maximum absolute atomic E-state index is 13.8. The lowest BCUT2D eigenvalue weighted by atomic mass is 9.95. The molecule has 1 saturated heterocycles. The first-order chi connectivity index (χ1) is 19.1. The second kappa shape index (κ2) is 11.1. The molecule has 2 atom stereocenters. The number of likely N-dealkylation sites (tertiary alicyclic amines) is 1. The lowest BCUT2D eigenvalue weighted by Gasteiger charge is -2.39. The van der Waals surface area contributed by atoms with Crippen LogP contribution in [0.4, 0.5) is 0 Å². The molecule has 1 fully saturated rings. The maximum Gasteiger partial charge on any atom is 0.254 e. The van der Waals surface area contributed by atoms with Crippen LogP contribution < -0.4 is 5.32 Å². The highest BCUT2D eigenvalue weighted by Gasteiger charge is 2.30. The number of rotatable bonds is 7. The van der Waals surface area contributed by atoms with Gasteiger partial charge in [-0.2, -0.15) is 0 Å². The van der Waals surface area contributed by atoms with Crippen molar-refractivity contribution in [3.8, 4) is 11.3 Å². The van der Waals surface area contributed by atoms with Crippen molar-refractivity contribution in [2.45, 2.75) is 52.6 Å². The standard InChI is InChI=1S/C31H41N7O2/c1-19-14-20(2)34-31(40)26(19)16-33-30(39)25-15-27-24(28-17-32-18-36(28)7)10-13-38(27)29(21(25)3)22(4)37-11-8-23(9-12-37)35(5)6/h10,13-15,17-18,22-23,26H,8-9,11-12,16H2,1-7H3,(H,33,39). The van der Waals surface area contributed by atoms with Gasteiger partial charge in [0.25, 0.3) is 11.8 Å². The molecule has 0 aromatic carbocycles. The van der Waals surface area contributed by atoms with Crippen molar-refractivity contribution < 1.29 is 9.59 Å². The zero-order valence-corrected chi connectivity index (χ0v) is 24.7. The Labute approximate surface area is 236 Å². The van der Waals surface area contributed by atoms with Gasteiger partial charge in [0.15, 0.2) is 0 Å². The zero-order chi connectivity index (χ0) is 28.7. The number of nitrogens with zero attached hydrogens (tertiary/aromatic N) is 6. The summed E-state index contributed by atoms with van der Waals surface area (Å²) in [7, 11) is 6.29. The number of dihydropyridines is 1. The molecular weight excluding hydrogens is 502 g/mol. The van der Waals surface area contributed by atoms with Crippen molar-refractivity contribution in [1.29, 1.82) is 0 Å². The maximum atomic E-state index is 13.8. The van der Waals surface area contributed by atoms with Crippen LogP contribution in [0.25, 0.3) is 16.8 Å². The smallest absolute Gasteiger partial charge is 0.254 e. The highest BCUT2D eigenvalue weighted by Crippen LogP contribution is 2.34. The fraction of sp³-hybridized carbons (Fsp3) is 0.484. The lowest BCUT2D eigenvalue weighted by Crippen LogP contribution is -2.43. The monoisotopic (exact) mass is 543 g/mol. The third-order valence-electron chi connectivity index (χ3n) is 8.80. The highest BCUT2D eigenvalue weighted by atomic mass is 16.2. The van der Waals surface area contributed by atoms with E-state index in [0.717, 1.165) is 59.5 Å². The van der Waals surface area contributed by atoms with E-state index in [0.29, 0.717) is 17.3 Å². The van der Waals surface area contributed by atoms with Crippen LogP contribution in [-0.2, 0) is 11.8 Å². The van der Waals surface area contributed by atoms with Crippen LogP contribution in [0.3, 0.4) is 0 Å². The van der Waals surface area contributed by atoms with Crippen LogP contribution in [0.1, 0.15) is 61.3 Å². The number of piperidine rings is 1. The SMILES string of the molecule is CC1=CC(C)=NC(=O)C1CNC(=O)c1cc2c(-c3cncn3C)ccn2c(C(C)N2CCC(N(C)C)CC2)c1C. The van der Waals surface area contributed by atoms with E-state index in [4.69, 9.17) is 0 Å². The van der Waals surface area contributed by atoms with Gasteiger partial charge in [0.2, 0.25) is 0 Å². The number of aryl methyl sites for hydroxylation is 1. The van der Waals surface area contributed by atoms with Crippen molar-refractivity contribution in [3.63, 3.8) is 0 Å². The summed E-state index contributed by atoms with van der Waals surface area (Å²) in [4.78, 5) is 39.6. The first-order valence-corrected chi connectivity index (χ1v) is 14.1. The van der Waals surface area contributed by atoms with E-state index in [2.05, 4.69) is 62.8 Å². The summed E-state index contributed by atoms with van der Waals surface area (Å²) in [5.41, 5.74) is 7.31. The van der Waals surface area contributed by atoms with E-state index < -0.39 is 5.92 Å². The van der Waals surface area contributed by atoms with Crippen LogP contribution >= 0.6 is 0 Å². The van der Waals surface area contributed by atoms with Crippen LogP contribution in [0, 0.1) is 12.8 Å². The van der Waals surface area contributed by atoms with Gasteiger partial charge in [0.05, 0.1) is 29.7 Å². The Hall–Kier alpha value is -3.56. The number of hydrogen-bond donors (Lipinski definition) is 1. The third kappa shape index (κ3) is 5.15. The van der Waals surface area contributed by atoms with Crippen molar-refractivity contribution in [3.05, 3.63) is 59.3 Å². The zero-order valence-electron chi connectivity index (χ0n) is 24.7. The molecule has 2 aliphatic heterocycles. The Kier molecular flexibility index (Phi) is 7.79. The Morgan fingerprint density at radius 2 is 1.93 bits per heavy atom. The minimum atomic E-state index is -0.439. The second-order valence-electron chi connectivity index (χ2n) is 11.6. The molecule has 5 rings (SSSR count). The van der Waals surface area contributed by atoms with Gasteiger partial charge < -0.3 is 19.2 Å². The predicted octanol–water partition coefficient (Wildman–Crippen LogP) is 4.03. The van der Waals surface area contributed by atoms with E-state index in [-0.39, 0.29) is 24.4 Å². The Balaban J connectivity index is 1.52. The van der Waals surface area contributed by atoms with Crippen molar-refractivity contribution in [2.24, 2.45) is 18.0 Å². The largest absolute Gasteiger partial charge is 0.351 e. The predicted molar refractivity (Wildman–Crippen MR) is 159 cm³/mol. The molecule has 1 N–H and O–H groups in total. The minimum Gasteiger partial charge on any atom is -0.351 e. The second-order valence-corrected chi connectivity index (χ2v) is 11.6. The number of hydrogen-bond acceptors (Lipinski definition) is 5. The number of carbonyl (C=O) groups is 2. The normalized spacial score (nSPS) is 19.7. The number of allylic oxidation sites excluding steroid dienone is 1. The summed E-state index contributed by atoms with van der Waals surface area (Å²) < 4.78 is 4.24. The number of fused-ring (bicyclic) bond motifs is 1. The summed E-state index contributed by atoms with van der Waals surface area (Å²) in [6, 6.07) is 4.80. The number of nitrogens with one attached hydrogen (secondary N) is 1. The summed E-state index contributed by atoms with van der Waals surface area (Å²) in [5.74, 6) is -0.819. The lowest BCUT2D eigenvalue weighted by molar-refractivity contribution is -0.120. The van der Waals surface area contributed by atoms with Gasteiger partial charge in [-0.1, -0.05) is 5.57 Å². The molecule has 5 heterocycles. The Morgan fingerprint density at radius 3 is 2.55 bits per heavy atom. The Morgan fingerprint density at radius 1 is 1.20 bits per heavy atom. The first-order valence-electron chi connectivity index (χ1n) is 14.1. The number of aromatic nitrogens is 3. The number of amides is 2.